The minimum Gasteiger partial charge on any atom is -0.256 e. The van der Waals surface area contributed by atoms with Gasteiger partial charge in [-0.3, -0.25) is 4.98 Å². The average Bonchev–Trinajstić information content (AvgIpc) is 2.29. The predicted molar refractivity (Wildman–Crippen MR) is 42.4 cm³/mol. The number of hydrogen-bond donors (Lipinski definition) is 1. The van der Waals surface area contributed by atoms with Crippen LogP contribution in [0, 0.1) is 4.78 Å². The standard InChI is InChI=1S/C7H6N2OS/c8-11(10)5-3-6-7(11)2-1-4-9-6/h1-5,8H. The summed E-state index contributed by atoms with van der Waals surface area (Å²) in [4.78, 5) is 4.50. The smallest absolute Gasteiger partial charge is 0.0965 e. The fourth-order valence-electron chi connectivity index (χ4n) is 1.02. The van der Waals surface area contributed by atoms with Crippen molar-refractivity contribution in [2.75, 3.05) is 0 Å². The Balaban J connectivity index is 2.84. The van der Waals surface area contributed by atoms with Crippen molar-refractivity contribution in [2.45, 2.75) is 4.90 Å². The summed E-state index contributed by atoms with van der Waals surface area (Å²) in [5, 5.41) is 1.39. The summed E-state index contributed by atoms with van der Waals surface area (Å²) in [5.74, 6) is 0. The fourth-order valence-corrected chi connectivity index (χ4v) is 2.20. The minimum absolute atomic E-state index is 0.528. The third-order valence-corrected chi connectivity index (χ3v) is 3.06. The summed E-state index contributed by atoms with van der Waals surface area (Å²) in [7, 11) is -2.65. The van der Waals surface area contributed by atoms with E-state index in [-0.39, 0.29) is 0 Å². The van der Waals surface area contributed by atoms with Crippen LogP contribution in [-0.4, -0.2) is 9.19 Å². The lowest BCUT2D eigenvalue weighted by Gasteiger charge is -1.96. The maximum Gasteiger partial charge on any atom is 0.0965 e. The molecule has 1 aliphatic rings. The second-order valence-corrected chi connectivity index (χ2v) is 4.20. The molecule has 3 nitrogen and oxygen atoms in total. The Morgan fingerprint density at radius 1 is 1.55 bits per heavy atom. The molecule has 1 atom stereocenters. The second-order valence-electron chi connectivity index (χ2n) is 2.29. The molecule has 2 rings (SSSR count). The molecule has 11 heavy (non-hydrogen) atoms. The van der Waals surface area contributed by atoms with Crippen LogP contribution in [0.15, 0.2) is 28.6 Å². The lowest BCUT2D eigenvalue weighted by Crippen LogP contribution is -1.91. The number of aromatic nitrogens is 1. The molecule has 1 aromatic heterocycles. The molecule has 1 aliphatic heterocycles. The third kappa shape index (κ3) is 0.867. The van der Waals surface area contributed by atoms with Crippen molar-refractivity contribution in [3.8, 4) is 0 Å². The van der Waals surface area contributed by atoms with Crippen molar-refractivity contribution < 1.29 is 4.21 Å². The Bertz CT molecular complexity index is 420. The zero-order valence-corrected chi connectivity index (χ0v) is 6.47. The highest BCUT2D eigenvalue weighted by atomic mass is 32.2. The molecule has 1 aromatic rings. The van der Waals surface area contributed by atoms with Gasteiger partial charge < -0.3 is 0 Å². The molecule has 4 heteroatoms. The summed E-state index contributed by atoms with van der Waals surface area (Å²) in [6.07, 6.45) is 3.26. The van der Waals surface area contributed by atoms with Crippen LogP contribution in [0.4, 0.5) is 0 Å². The Morgan fingerprint density at radius 2 is 2.36 bits per heavy atom. The number of pyridine rings is 1. The van der Waals surface area contributed by atoms with Gasteiger partial charge in [0.25, 0.3) is 0 Å². The van der Waals surface area contributed by atoms with Gasteiger partial charge in [0.1, 0.15) is 0 Å². The summed E-state index contributed by atoms with van der Waals surface area (Å²) >= 11 is 0. The number of fused-ring (bicyclic) bond motifs is 1. The van der Waals surface area contributed by atoms with Crippen molar-refractivity contribution in [1.29, 1.82) is 4.78 Å². The van der Waals surface area contributed by atoms with Crippen LogP contribution < -0.4 is 0 Å². The molecule has 0 bridgehead atoms. The second kappa shape index (κ2) is 1.92. The van der Waals surface area contributed by atoms with Crippen LogP contribution in [-0.2, 0) is 9.73 Å². The zero-order valence-electron chi connectivity index (χ0n) is 5.65. The van der Waals surface area contributed by atoms with Gasteiger partial charge in [-0.15, -0.1) is 0 Å². The largest absolute Gasteiger partial charge is 0.256 e. The zero-order chi connectivity index (χ0) is 7.90. The van der Waals surface area contributed by atoms with Gasteiger partial charge >= 0.3 is 0 Å². The highest BCUT2D eigenvalue weighted by Gasteiger charge is 2.16. The quantitative estimate of drug-likeness (QED) is 0.634. The Hall–Kier alpha value is -1.16. The summed E-state index contributed by atoms with van der Waals surface area (Å²) in [6, 6.07) is 3.37. The van der Waals surface area contributed by atoms with Crippen molar-refractivity contribution in [3.05, 3.63) is 29.4 Å². The normalized spacial score (nSPS) is 26.9. The summed E-state index contributed by atoms with van der Waals surface area (Å²) in [5.41, 5.74) is 0.660. The molecule has 0 fully saturated rings. The van der Waals surface area contributed by atoms with E-state index in [0.29, 0.717) is 10.6 Å². The SMILES string of the molecule is N=S1(=O)C=Cc2ncccc21. The average molecular weight is 166 g/mol. The Morgan fingerprint density at radius 3 is 3.09 bits per heavy atom. The first-order chi connectivity index (χ1) is 5.20. The molecule has 1 unspecified atom stereocenters. The molecule has 0 saturated heterocycles. The molecular formula is C7H6N2OS. The van der Waals surface area contributed by atoms with E-state index in [1.54, 1.807) is 24.4 Å². The molecule has 0 spiro atoms. The first kappa shape index (κ1) is 6.54. The van der Waals surface area contributed by atoms with Crippen LogP contribution in [0.3, 0.4) is 0 Å². The van der Waals surface area contributed by atoms with Gasteiger partial charge in [0.05, 0.1) is 20.3 Å². The lowest BCUT2D eigenvalue weighted by molar-refractivity contribution is 0.681. The first-order valence-corrected chi connectivity index (χ1v) is 4.74. The van der Waals surface area contributed by atoms with E-state index in [0.717, 1.165) is 0 Å². The molecular weight excluding hydrogens is 160 g/mol. The molecule has 0 amide bonds. The highest BCUT2D eigenvalue weighted by molar-refractivity contribution is 7.95. The van der Waals surface area contributed by atoms with E-state index >= 15 is 0 Å². The van der Waals surface area contributed by atoms with Gasteiger partial charge in [0, 0.05) is 11.6 Å². The van der Waals surface area contributed by atoms with E-state index < -0.39 is 9.73 Å². The van der Waals surface area contributed by atoms with E-state index in [4.69, 9.17) is 4.78 Å². The number of nitrogens with zero attached hydrogens (tertiary/aromatic N) is 1. The maximum atomic E-state index is 11.3. The molecule has 0 radical (unpaired) electrons. The van der Waals surface area contributed by atoms with Crippen LogP contribution in [0.2, 0.25) is 0 Å². The molecule has 56 valence electrons. The first-order valence-electron chi connectivity index (χ1n) is 3.12. The van der Waals surface area contributed by atoms with Crippen molar-refractivity contribution in [3.63, 3.8) is 0 Å². The molecule has 0 aliphatic carbocycles. The van der Waals surface area contributed by atoms with Crippen molar-refractivity contribution in [2.24, 2.45) is 0 Å². The van der Waals surface area contributed by atoms with Crippen LogP contribution in [0.1, 0.15) is 5.69 Å². The minimum atomic E-state index is -2.65. The van der Waals surface area contributed by atoms with Gasteiger partial charge in [-0.2, -0.15) is 0 Å². The molecule has 0 aromatic carbocycles. The van der Waals surface area contributed by atoms with Gasteiger partial charge in [0.15, 0.2) is 0 Å². The van der Waals surface area contributed by atoms with E-state index in [9.17, 15) is 4.21 Å². The molecule has 2 heterocycles. The van der Waals surface area contributed by atoms with Crippen LogP contribution >= 0.6 is 0 Å². The van der Waals surface area contributed by atoms with Crippen LogP contribution in [0.25, 0.3) is 6.08 Å². The lowest BCUT2D eigenvalue weighted by atomic mass is 10.3. The number of rotatable bonds is 0. The Labute approximate surface area is 64.8 Å². The maximum absolute atomic E-state index is 11.3. The monoisotopic (exact) mass is 166 g/mol. The van der Waals surface area contributed by atoms with E-state index in [1.165, 1.54) is 5.41 Å². The van der Waals surface area contributed by atoms with E-state index in [1.807, 2.05) is 0 Å². The Kier molecular flexibility index (Phi) is 1.14. The molecule has 0 saturated carbocycles. The van der Waals surface area contributed by atoms with Gasteiger partial charge in [-0.05, 0) is 18.2 Å². The predicted octanol–water partition coefficient (Wildman–Crippen LogP) is 1.47. The summed E-state index contributed by atoms with van der Waals surface area (Å²) < 4.78 is 18.7. The van der Waals surface area contributed by atoms with Gasteiger partial charge in [-0.1, -0.05) is 0 Å². The summed E-state index contributed by atoms with van der Waals surface area (Å²) in [6.45, 7) is 0. The van der Waals surface area contributed by atoms with E-state index in [2.05, 4.69) is 4.98 Å². The topological polar surface area (TPSA) is 53.8 Å². The van der Waals surface area contributed by atoms with Crippen molar-refractivity contribution in [1.82, 2.24) is 4.98 Å². The highest BCUT2D eigenvalue weighted by Crippen LogP contribution is 2.24. The third-order valence-electron chi connectivity index (χ3n) is 1.54. The number of nitrogens with one attached hydrogen (secondary N) is 1. The van der Waals surface area contributed by atoms with Crippen LogP contribution in [0.5, 0.6) is 0 Å². The fraction of sp³-hybridized carbons (Fsp3) is 0. The van der Waals surface area contributed by atoms with Gasteiger partial charge in [0.2, 0.25) is 0 Å². The van der Waals surface area contributed by atoms with Crippen molar-refractivity contribution >= 4 is 15.8 Å². The number of hydrogen-bond acceptors (Lipinski definition) is 3. The van der Waals surface area contributed by atoms with Gasteiger partial charge in [-0.25, -0.2) is 8.99 Å². The molecule has 1 N–H and O–H groups in total.